The molecule has 0 saturated carbocycles. The summed E-state index contributed by atoms with van der Waals surface area (Å²) in [5.41, 5.74) is 2.37. The summed E-state index contributed by atoms with van der Waals surface area (Å²) in [6.07, 6.45) is 0. The summed E-state index contributed by atoms with van der Waals surface area (Å²) >= 11 is 0. The molecule has 0 saturated heterocycles. The number of ketones is 1. The van der Waals surface area contributed by atoms with Crippen LogP contribution in [0.5, 0.6) is 11.5 Å². The number of methoxy groups -OCH3 is 2. The summed E-state index contributed by atoms with van der Waals surface area (Å²) in [6, 6.07) is 3.64. The second kappa shape index (κ2) is 4.13. The zero-order chi connectivity index (χ0) is 12.6. The van der Waals surface area contributed by atoms with Crippen molar-refractivity contribution < 1.29 is 14.3 Å². The maximum Gasteiger partial charge on any atom is 0.162 e. The van der Waals surface area contributed by atoms with Crippen LogP contribution in [0.3, 0.4) is 0 Å². The number of aryl methyl sites for hydroxylation is 1. The highest BCUT2D eigenvalue weighted by Crippen LogP contribution is 2.34. The van der Waals surface area contributed by atoms with E-state index in [2.05, 4.69) is 4.98 Å². The normalized spacial score (nSPS) is 10.6. The van der Waals surface area contributed by atoms with Crippen LogP contribution in [-0.4, -0.2) is 25.0 Å². The van der Waals surface area contributed by atoms with Crippen molar-refractivity contribution in [3.8, 4) is 11.5 Å². The van der Waals surface area contributed by atoms with Crippen molar-refractivity contribution in [2.24, 2.45) is 0 Å². The highest BCUT2D eigenvalue weighted by atomic mass is 16.5. The molecule has 4 heteroatoms. The number of fused-ring (bicyclic) bond motifs is 1. The molecule has 0 spiro atoms. The van der Waals surface area contributed by atoms with Crippen molar-refractivity contribution >= 4 is 16.7 Å². The van der Waals surface area contributed by atoms with Crippen molar-refractivity contribution in [2.45, 2.75) is 13.8 Å². The second-order valence-corrected chi connectivity index (χ2v) is 3.93. The van der Waals surface area contributed by atoms with Gasteiger partial charge in [0.1, 0.15) is 11.5 Å². The monoisotopic (exact) mass is 233 g/mol. The smallest absolute Gasteiger partial charge is 0.162 e. The molecule has 4 nitrogen and oxygen atoms in total. The third kappa shape index (κ3) is 1.75. The zero-order valence-electron chi connectivity index (χ0n) is 10.4. The predicted molar refractivity (Wildman–Crippen MR) is 66.1 cm³/mol. The lowest BCUT2D eigenvalue weighted by atomic mass is 10.1. The van der Waals surface area contributed by atoms with Gasteiger partial charge in [-0.25, -0.2) is 0 Å². The number of carbonyl (C=O) groups excluding carboxylic acids is 1. The van der Waals surface area contributed by atoms with Crippen LogP contribution in [0.4, 0.5) is 0 Å². The molecule has 0 aliphatic rings. The third-order valence-corrected chi connectivity index (χ3v) is 2.84. The van der Waals surface area contributed by atoms with Gasteiger partial charge >= 0.3 is 0 Å². The average Bonchev–Trinajstić information content (AvgIpc) is 2.63. The highest BCUT2D eigenvalue weighted by Gasteiger charge is 2.16. The van der Waals surface area contributed by atoms with E-state index in [-0.39, 0.29) is 5.78 Å². The fourth-order valence-corrected chi connectivity index (χ4v) is 2.10. The molecule has 17 heavy (non-hydrogen) atoms. The summed E-state index contributed by atoms with van der Waals surface area (Å²) in [6.45, 7) is 3.43. The Morgan fingerprint density at radius 3 is 2.47 bits per heavy atom. The van der Waals surface area contributed by atoms with E-state index < -0.39 is 0 Å². The van der Waals surface area contributed by atoms with Gasteiger partial charge in [-0.2, -0.15) is 0 Å². The molecule has 1 N–H and O–H groups in total. The van der Waals surface area contributed by atoms with Crippen LogP contribution in [-0.2, 0) is 0 Å². The molecule has 0 atom stereocenters. The number of hydrogen-bond acceptors (Lipinski definition) is 3. The lowest BCUT2D eigenvalue weighted by Gasteiger charge is -2.05. The Kier molecular flexibility index (Phi) is 2.79. The number of carbonyl (C=O) groups is 1. The molecule has 0 amide bonds. The molecular weight excluding hydrogens is 218 g/mol. The number of nitrogens with one attached hydrogen (secondary N) is 1. The number of aromatic nitrogens is 1. The Morgan fingerprint density at radius 2 is 1.94 bits per heavy atom. The Bertz CT molecular complexity index is 584. The van der Waals surface area contributed by atoms with Gasteiger partial charge in [0.2, 0.25) is 0 Å². The highest BCUT2D eigenvalue weighted by molar-refractivity contribution is 6.09. The Balaban J connectivity index is 2.85. The van der Waals surface area contributed by atoms with Crippen LogP contribution in [0.25, 0.3) is 10.9 Å². The first-order valence-corrected chi connectivity index (χ1v) is 5.33. The second-order valence-electron chi connectivity index (χ2n) is 3.93. The molecule has 0 bridgehead atoms. The maximum atomic E-state index is 11.6. The lowest BCUT2D eigenvalue weighted by Crippen LogP contribution is -1.93. The Hall–Kier alpha value is -1.97. The lowest BCUT2D eigenvalue weighted by molar-refractivity contribution is 0.101. The molecule has 1 heterocycles. The topological polar surface area (TPSA) is 51.3 Å². The van der Waals surface area contributed by atoms with Crippen LogP contribution in [0, 0.1) is 6.92 Å². The van der Waals surface area contributed by atoms with Crippen LogP contribution in [0.2, 0.25) is 0 Å². The van der Waals surface area contributed by atoms with Gasteiger partial charge in [-0.3, -0.25) is 4.79 Å². The first kappa shape index (κ1) is 11.5. The molecule has 0 radical (unpaired) electrons. The summed E-state index contributed by atoms with van der Waals surface area (Å²) < 4.78 is 10.5. The number of rotatable bonds is 3. The Labute approximate surface area is 99.5 Å². The Morgan fingerprint density at radius 1 is 1.24 bits per heavy atom. The van der Waals surface area contributed by atoms with E-state index in [0.717, 1.165) is 16.6 Å². The standard InChI is InChI=1S/C13H15NO3/c1-7-12(8(2)15)10-5-9(16-3)6-11(17-4)13(10)14-7/h5-6,14H,1-4H3. The fourth-order valence-electron chi connectivity index (χ4n) is 2.10. The van der Waals surface area contributed by atoms with Crippen LogP contribution < -0.4 is 9.47 Å². The third-order valence-electron chi connectivity index (χ3n) is 2.84. The van der Waals surface area contributed by atoms with Crippen molar-refractivity contribution in [3.63, 3.8) is 0 Å². The van der Waals surface area contributed by atoms with Gasteiger partial charge in [0.15, 0.2) is 5.78 Å². The largest absolute Gasteiger partial charge is 0.497 e. The van der Waals surface area contributed by atoms with Gasteiger partial charge in [-0.1, -0.05) is 0 Å². The van der Waals surface area contributed by atoms with Gasteiger partial charge in [-0.15, -0.1) is 0 Å². The van der Waals surface area contributed by atoms with Gasteiger partial charge in [0.05, 0.1) is 19.7 Å². The number of H-pyrrole nitrogens is 1. The minimum atomic E-state index is 0.0315. The molecular formula is C13H15NO3. The van der Waals surface area contributed by atoms with Crippen molar-refractivity contribution in [1.29, 1.82) is 0 Å². The molecule has 90 valence electrons. The minimum Gasteiger partial charge on any atom is -0.497 e. The molecule has 2 rings (SSSR count). The predicted octanol–water partition coefficient (Wildman–Crippen LogP) is 2.70. The first-order chi connectivity index (χ1) is 8.08. The number of ether oxygens (including phenoxy) is 2. The van der Waals surface area contributed by atoms with Crippen LogP contribution in [0.1, 0.15) is 23.0 Å². The summed E-state index contributed by atoms with van der Waals surface area (Å²) in [5, 5.41) is 0.839. The molecule has 0 fully saturated rings. The zero-order valence-corrected chi connectivity index (χ0v) is 10.4. The van der Waals surface area contributed by atoms with E-state index >= 15 is 0 Å². The van der Waals surface area contributed by atoms with Crippen LogP contribution >= 0.6 is 0 Å². The van der Waals surface area contributed by atoms with Gasteiger partial charge in [-0.05, 0) is 19.9 Å². The number of benzene rings is 1. The van der Waals surface area contributed by atoms with E-state index in [1.807, 2.05) is 13.0 Å². The molecule has 1 aromatic heterocycles. The summed E-state index contributed by atoms with van der Waals surface area (Å²) in [5.74, 6) is 1.38. The molecule has 0 aliphatic heterocycles. The molecule has 1 aromatic carbocycles. The SMILES string of the molecule is COc1cc(OC)c2[nH]c(C)c(C(C)=O)c2c1. The number of Topliss-reactive ketones (excluding diaryl/α,β-unsaturated/α-hetero) is 1. The van der Waals surface area contributed by atoms with Gasteiger partial charge in [0.25, 0.3) is 0 Å². The quantitative estimate of drug-likeness (QED) is 0.829. The number of aromatic amines is 1. The summed E-state index contributed by atoms with van der Waals surface area (Å²) in [4.78, 5) is 14.8. The first-order valence-electron chi connectivity index (χ1n) is 5.33. The summed E-state index contributed by atoms with van der Waals surface area (Å²) in [7, 11) is 3.19. The minimum absolute atomic E-state index is 0.0315. The van der Waals surface area contributed by atoms with E-state index in [1.165, 1.54) is 0 Å². The average molecular weight is 233 g/mol. The molecule has 0 unspecified atom stereocenters. The molecule has 0 aliphatic carbocycles. The van der Waals surface area contributed by atoms with Crippen molar-refractivity contribution in [3.05, 3.63) is 23.4 Å². The van der Waals surface area contributed by atoms with Crippen molar-refractivity contribution in [2.75, 3.05) is 14.2 Å². The van der Waals surface area contributed by atoms with E-state index in [1.54, 1.807) is 27.2 Å². The number of hydrogen-bond donors (Lipinski definition) is 1. The maximum absolute atomic E-state index is 11.6. The fraction of sp³-hybridized carbons (Fsp3) is 0.308. The molecule has 2 aromatic rings. The van der Waals surface area contributed by atoms with E-state index in [4.69, 9.17) is 9.47 Å². The van der Waals surface area contributed by atoms with E-state index in [0.29, 0.717) is 17.1 Å². The van der Waals surface area contributed by atoms with Gasteiger partial charge < -0.3 is 14.5 Å². The van der Waals surface area contributed by atoms with E-state index in [9.17, 15) is 4.79 Å². The van der Waals surface area contributed by atoms with Gasteiger partial charge in [0, 0.05) is 22.7 Å². The van der Waals surface area contributed by atoms with Crippen molar-refractivity contribution in [1.82, 2.24) is 4.98 Å². The van der Waals surface area contributed by atoms with Crippen LogP contribution in [0.15, 0.2) is 12.1 Å².